The highest BCUT2D eigenvalue weighted by Gasteiger charge is 2.54. The van der Waals surface area contributed by atoms with Crippen molar-refractivity contribution < 1.29 is 9.53 Å². The van der Waals surface area contributed by atoms with E-state index in [-0.39, 0.29) is 23.1 Å². The van der Waals surface area contributed by atoms with Gasteiger partial charge in [0.25, 0.3) is 5.56 Å². The Morgan fingerprint density at radius 3 is 2.59 bits per heavy atom. The summed E-state index contributed by atoms with van der Waals surface area (Å²) in [6.45, 7) is 10.3. The van der Waals surface area contributed by atoms with Crippen LogP contribution in [-0.4, -0.2) is 52.7 Å². The molecule has 0 N–H and O–H groups in total. The molecule has 1 saturated carbocycles. The van der Waals surface area contributed by atoms with Crippen molar-refractivity contribution in [3.05, 3.63) is 63.8 Å². The summed E-state index contributed by atoms with van der Waals surface area (Å²) in [7, 11) is 0. The van der Waals surface area contributed by atoms with Crippen LogP contribution in [0.4, 0.5) is 4.79 Å². The number of nitrogens with zero attached hydrogens (tertiary/aromatic N) is 6. The molecule has 0 aromatic carbocycles. The highest BCUT2D eigenvalue weighted by atomic mass is 16.6. The van der Waals surface area contributed by atoms with E-state index in [1.165, 1.54) is 0 Å². The molecule has 2 fully saturated rings. The summed E-state index contributed by atoms with van der Waals surface area (Å²) < 4.78 is 9.03. The Hall–Kier alpha value is -3.75. The fourth-order valence-corrected chi connectivity index (χ4v) is 5.56. The van der Waals surface area contributed by atoms with E-state index in [1.807, 2.05) is 64.0 Å². The van der Waals surface area contributed by atoms with Gasteiger partial charge in [-0.3, -0.25) is 9.20 Å². The van der Waals surface area contributed by atoms with Crippen LogP contribution >= 0.6 is 0 Å². The smallest absolute Gasteiger partial charge is 0.410 e. The van der Waals surface area contributed by atoms with E-state index >= 15 is 0 Å². The molecule has 1 aliphatic heterocycles. The summed E-state index contributed by atoms with van der Waals surface area (Å²) in [5.74, 6) is 0.272. The molecule has 2 aliphatic rings. The van der Waals surface area contributed by atoms with Gasteiger partial charge in [-0.1, -0.05) is 6.07 Å². The van der Waals surface area contributed by atoms with Crippen molar-refractivity contribution in [2.45, 2.75) is 77.4 Å². The van der Waals surface area contributed by atoms with Gasteiger partial charge in [-0.2, -0.15) is 5.10 Å². The molecule has 9 nitrogen and oxygen atoms in total. The zero-order valence-corrected chi connectivity index (χ0v) is 22.0. The summed E-state index contributed by atoms with van der Waals surface area (Å²) in [4.78, 5) is 37.2. The number of ether oxygens (including phenoxy) is 1. The molecule has 1 atom stereocenters. The van der Waals surface area contributed by atoms with Crippen molar-refractivity contribution in [3.8, 4) is 11.4 Å². The Labute approximate surface area is 215 Å². The fourth-order valence-electron chi connectivity index (χ4n) is 5.56. The van der Waals surface area contributed by atoms with E-state index in [0.717, 1.165) is 48.2 Å². The minimum atomic E-state index is -0.507. The van der Waals surface area contributed by atoms with Gasteiger partial charge in [-0.15, -0.1) is 0 Å². The number of aromatic nitrogens is 5. The first-order valence-corrected chi connectivity index (χ1v) is 12.9. The fraction of sp³-hybridized carbons (Fsp3) is 0.464. The molecule has 1 saturated heterocycles. The molecule has 37 heavy (non-hydrogen) atoms. The number of piperidine rings is 1. The first kappa shape index (κ1) is 23.6. The van der Waals surface area contributed by atoms with Gasteiger partial charge in [0.15, 0.2) is 5.65 Å². The second kappa shape index (κ2) is 8.13. The number of amides is 1. The molecule has 1 spiro atoms. The predicted molar refractivity (Wildman–Crippen MR) is 140 cm³/mol. The lowest BCUT2D eigenvalue weighted by molar-refractivity contribution is 0.00371. The van der Waals surface area contributed by atoms with E-state index in [0.29, 0.717) is 23.6 Å². The van der Waals surface area contributed by atoms with Crippen LogP contribution in [0.1, 0.15) is 69.2 Å². The van der Waals surface area contributed by atoms with E-state index in [9.17, 15) is 9.59 Å². The predicted octanol–water partition coefficient (Wildman–Crippen LogP) is 4.67. The lowest BCUT2D eigenvalue weighted by atomic mass is 9.84. The van der Waals surface area contributed by atoms with Crippen LogP contribution in [0.25, 0.3) is 22.7 Å². The number of carbonyl (C=O) groups is 1. The number of imidazole rings is 1. The van der Waals surface area contributed by atoms with Crippen molar-refractivity contribution in [3.63, 3.8) is 0 Å². The SMILES string of the molecule is Cc1cn2nc(-c3cc(=O)n4cc(C5CCN(C(=O)OC(C)(C)C)C6(CC6)C5)ccc4n3)cc(C)c2n1. The van der Waals surface area contributed by atoms with Gasteiger partial charge in [0, 0.05) is 24.3 Å². The Kier molecular flexibility index (Phi) is 5.19. The summed E-state index contributed by atoms with van der Waals surface area (Å²) >= 11 is 0. The van der Waals surface area contributed by atoms with Crippen molar-refractivity contribution in [1.82, 2.24) is 28.9 Å². The van der Waals surface area contributed by atoms with Crippen molar-refractivity contribution in [2.24, 2.45) is 0 Å². The van der Waals surface area contributed by atoms with Crippen LogP contribution < -0.4 is 5.56 Å². The monoisotopic (exact) mass is 500 g/mol. The maximum atomic E-state index is 13.2. The lowest BCUT2D eigenvalue weighted by Gasteiger charge is -2.40. The molecular weight excluding hydrogens is 468 g/mol. The van der Waals surface area contributed by atoms with Gasteiger partial charge in [0.2, 0.25) is 0 Å². The third-order valence-corrected chi connectivity index (χ3v) is 7.49. The zero-order valence-electron chi connectivity index (χ0n) is 22.0. The van der Waals surface area contributed by atoms with Crippen LogP contribution in [0.15, 0.2) is 41.5 Å². The van der Waals surface area contributed by atoms with Crippen LogP contribution in [0.3, 0.4) is 0 Å². The zero-order chi connectivity index (χ0) is 26.1. The molecule has 4 aromatic heterocycles. The van der Waals surface area contributed by atoms with E-state index in [2.05, 4.69) is 16.1 Å². The third kappa shape index (κ3) is 4.26. The maximum Gasteiger partial charge on any atom is 0.410 e. The molecule has 1 aliphatic carbocycles. The summed E-state index contributed by atoms with van der Waals surface area (Å²) in [5.41, 5.74) is 4.74. The largest absolute Gasteiger partial charge is 0.444 e. The molecule has 9 heteroatoms. The number of hydrogen-bond donors (Lipinski definition) is 0. The Bertz CT molecular complexity index is 1610. The molecular formula is C28H32N6O3. The van der Waals surface area contributed by atoms with Crippen molar-refractivity contribution in [1.29, 1.82) is 0 Å². The highest BCUT2D eigenvalue weighted by Crippen LogP contribution is 2.52. The van der Waals surface area contributed by atoms with E-state index in [4.69, 9.17) is 9.72 Å². The molecule has 192 valence electrons. The van der Waals surface area contributed by atoms with E-state index in [1.54, 1.807) is 15.0 Å². The molecule has 5 heterocycles. The van der Waals surface area contributed by atoms with Crippen LogP contribution in [0.2, 0.25) is 0 Å². The number of fused-ring (bicyclic) bond motifs is 2. The summed E-state index contributed by atoms with van der Waals surface area (Å²) in [6.07, 6.45) is 7.27. The molecule has 0 radical (unpaired) electrons. The number of carbonyl (C=O) groups excluding carboxylic acids is 1. The van der Waals surface area contributed by atoms with Crippen LogP contribution in [-0.2, 0) is 4.74 Å². The topological polar surface area (TPSA) is 94.1 Å². The lowest BCUT2D eigenvalue weighted by Crippen LogP contribution is -2.49. The summed E-state index contributed by atoms with van der Waals surface area (Å²) in [5, 5.41) is 4.63. The normalized spacial score (nSPS) is 19.1. The number of pyridine rings is 1. The quantitative estimate of drug-likeness (QED) is 0.397. The number of aryl methyl sites for hydroxylation is 2. The van der Waals surface area contributed by atoms with Gasteiger partial charge in [0.1, 0.15) is 16.9 Å². The van der Waals surface area contributed by atoms with Gasteiger partial charge in [-0.05, 0) is 89.5 Å². The average Bonchev–Trinajstić information content (AvgIpc) is 3.46. The second-order valence-electron chi connectivity index (χ2n) is 11.6. The molecule has 6 rings (SSSR count). The summed E-state index contributed by atoms with van der Waals surface area (Å²) in [6, 6.07) is 7.44. The highest BCUT2D eigenvalue weighted by molar-refractivity contribution is 5.70. The Morgan fingerprint density at radius 1 is 1.08 bits per heavy atom. The van der Waals surface area contributed by atoms with Gasteiger partial charge >= 0.3 is 6.09 Å². The third-order valence-electron chi connectivity index (χ3n) is 7.49. The van der Waals surface area contributed by atoms with Crippen LogP contribution in [0, 0.1) is 13.8 Å². The Morgan fingerprint density at radius 2 is 1.86 bits per heavy atom. The Balaban J connectivity index is 1.28. The molecule has 0 bridgehead atoms. The minimum absolute atomic E-state index is 0.124. The molecule has 1 unspecified atom stereocenters. The van der Waals surface area contributed by atoms with Gasteiger partial charge in [-0.25, -0.2) is 19.3 Å². The van der Waals surface area contributed by atoms with Gasteiger partial charge in [0.05, 0.1) is 17.6 Å². The first-order chi connectivity index (χ1) is 17.5. The van der Waals surface area contributed by atoms with Crippen LogP contribution in [0.5, 0.6) is 0 Å². The molecule has 4 aromatic rings. The number of rotatable bonds is 2. The average molecular weight is 501 g/mol. The van der Waals surface area contributed by atoms with Gasteiger partial charge < -0.3 is 9.64 Å². The second-order valence-corrected chi connectivity index (χ2v) is 11.6. The number of hydrogen-bond acceptors (Lipinski definition) is 6. The van der Waals surface area contributed by atoms with Crippen molar-refractivity contribution >= 4 is 17.4 Å². The number of likely N-dealkylation sites (tertiary alicyclic amines) is 1. The standard InChI is InChI=1S/C28H32N6O3/c1-17-12-22(31-34-15-18(2)29-25(17)34)21-13-24(35)32-16-20(6-7-23(32)30-21)19-8-11-33(28(14-19)9-10-28)26(36)37-27(3,4)5/h6-7,12-13,15-16,19H,8-11,14H2,1-5H3. The first-order valence-electron chi connectivity index (χ1n) is 12.9. The van der Waals surface area contributed by atoms with E-state index < -0.39 is 5.60 Å². The van der Waals surface area contributed by atoms with Crippen molar-refractivity contribution in [2.75, 3.05) is 6.54 Å². The minimum Gasteiger partial charge on any atom is -0.444 e. The maximum absolute atomic E-state index is 13.2. The molecule has 1 amide bonds.